The SMILES string of the molecule is O=C(CCl)NNC(=O)c1ccc(Cl)cc1Cl. The summed E-state index contributed by atoms with van der Waals surface area (Å²) in [4.78, 5) is 22.3. The Balaban J connectivity index is 2.70. The van der Waals surface area contributed by atoms with E-state index in [1.165, 1.54) is 18.2 Å². The molecule has 1 aromatic carbocycles. The number of carbonyl (C=O) groups excluding carboxylic acids is 2. The van der Waals surface area contributed by atoms with Gasteiger partial charge in [0.15, 0.2) is 0 Å². The molecule has 0 bridgehead atoms. The highest BCUT2D eigenvalue weighted by molar-refractivity contribution is 6.36. The number of amides is 2. The van der Waals surface area contributed by atoms with Crippen LogP contribution in [-0.2, 0) is 4.79 Å². The summed E-state index contributed by atoms with van der Waals surface area (Å²) in [6, 6.07) is 4.40. The Morgan fingerprint density at radius 1 is 1.19 bits per heavy atom. The van der Waals surface area contributed by atoms with E-state index in [2.05, 4.69) is 10.9 Å². The maximum absolute atomic E-state index is 11.5. The molecule has 86 valence electrons. The normalized spacial score (nSPS) is 9.69. The number of rotatable bonds is 2. The highest BCUT2D eigenvalue weighted by Crippen LogP contribution is 2.20. The van der Waals surface area contributed by atoms with Crippen LogP contribution in [0.4, 0.5) is 0 Å². The van der Waals surface area contributed by atoms with Crippen LogP contribution < -0.4 is 10.9 Å². The third kappa shape index (κ3) is 3.56. The Hall–Kier alpha value is -0.970. The summed E-state index contributed by atoms with van der Waals surface area (Å²) in [5.74, 6) is -1.30. The molecule has 16 heavy (non-hydrogen) atoms. The molecule has 0 spiro atoms. The first-order chi connectivity index (χ1) is 7.54. The number of carbonyl (C=O) groups is 2. The molecule has 0 atom stereocenters. The van der Waals surface area contributed by atoms with E-state index < -0.39 is 11.8 Å². The van der Waals surface area contributed by atoms with E-state index in [1.54, 1.807) is 0 Å². The second-order valence-corrected chi connectivity index (χ2v) is 3.87. The maximum atomic E-state index is 11.5. The van der Waals surface area contributed by atoms with Crippen molar-refractivity contribution in [2.45, 2.75) is 0 Å². The summed E-state index contributed by atoms with van der Waals surface area (Å²) in [7, 11) is 0. The largest absolute Gasteiger partial charge is 0.272 e. The average molecular weight is 282 g/mol. The molecule has 0 saturated carbocycles. The molecule has 0 aliphatic rings. The molecule has 1 rings (SSSR count). The van der Waals surface area contributed by atoms with Crippen molar-refractivity contribution >= 4 is 46.6 Å². The Kier molecular flexibility index (Phi) is 4.86. The van der Waals surface area contributed by atoms with Gasteiger partial charge < -0.3 is 0 Å². The molecule has 7 heteroatoms. The van der Waals surface area contributed by atoms with Crippen LogP contribution in [0.15, 0.2) is 18.2 Å². The second kappa shape index (κ2) is 5.94. The molecule has 0 heterocycles. The molecule has 2 amide bonds. The molecule has 0 aromatic heterocycles. The fourth-order valence-electron chi connectivity index (χ4n) is 0.901. The van der Waals surface area contributed by atoms with Crippen molar-refractivity contribution in [1.82, 2.24) is 10.9 Å². The lowest BCUT2D eigenvalue weighted by atomic mass is 10.2. The van der Waals surface area contributed by atoms with Crippen molar-refractivity contribution in [3.8, 4) is 0 Å². The van der Waals surface area contributed by atoms with Crippen LogP contribution in [-0.4, -0.2) is 17.7 Å². The number of alkyl halides is 1. The number of hydrazine groups is 1. The second-order valence-electron chi connectivity index (χ2n) is 2.76. The smallest absolute Gasteiger partial charge is 0.271 e. The molecule has 1 aromatic rings. The van der Waals surface area contributed by atoms with Crippen LogP contribution in [0.5, 0.6) is 0 Å². The number of nitrogens with one attached hydrogen (secondary N) is 2. The Morgan fingerprint density at radius 2 is 1.88 bits per heavy atom. The van der Waals surface area contributed by atoms with Gasteiger partial charge >= 0.3 is 0 Å². The third-order valence-corrected chi connectivity index (χ3v) is 2.40. The number of hydrogen-bond donors (Lipinski definition) is 2. The zero-order valence-electron chi connectivity index (χ0n) is 7.89. The predicted octanol–water partition coefficient (Wildman–Crippen LogP) is 1.99. The van der Waals surface area contributed by atoms with Crippen LogP contribution >= 0.6 is 34.8 Å². The molecule has 0 saturated heterocycles. The van der Waals surface area contributed by atoms with Crippen molar-refractivity contribution in [2.75, 3.05) is 5.88 Å². The van der Waals surface area contributed by atoms with Gasteiger partial charge in [0.05, 0.1) is 10.6 Å². The Labute approximate surface area is 107 Å². The fraction of sp³-hybridized carbons (Fsp3) is 0.111. The van der Waals surface area contributed by atoms with Crippen LogP contribution in [0.2, 0.25) is 10.0 Å². The van der Waals surface area contributed by atoms with E-state index >= 15 is 0 Å². The first kappa shape index (κ1) is 13.1. The molecular formula is C9H7Cl3N2O2. The van der Waals surface area contributed by atoms with Crippen LogP contribution in [0.25, 0.3) is 0 Å². The monoisotopic (exact) mass is 280 g/mol. The van der Waals surface area contributed by atoms with E-state index in [1.807, 2.05) is 0 Å². The van der Waals surface area contributed by atoms with Crippen molar-refractivity contribution in [3.05, 3.63) is 33.8 Å². The molecule has 0 aliphatic carbocycles. The van der Waals surface area contributed by atoms with E-state index in [0.29, 0.717) is 5.02 Å². The fourth-order valence-corrected chi connectivity index (χ4v) is 1.46. The highest BCUT2D eigenvalue weighted by Gasteiger charge is 2.10. The quantitative estimate of drug-likeness (QED) is 0.643. The lowest BCUT2D eigenvalue weighted by Gasteiger charge is -2.07. The van der Waals surface area contributed by atoms with Gasteiger partial charge in [-0.1, -0.05) is 23.2 Å². The van der Waals surface area contributed by atoms with E-state index in [4.69, 9.17) is 34.8 Å². The van der Waals surface area contributed by atoms with Crippen LogP contribution in [0.1, 0.15) is 10.4 Å². The summed E-state index contributed by atoms with van der Waals surface area (Å²) in [6.45, 7) is 0. The van der Waals surface area contributed by atoms with E-state index in [9.17, 15) is 9.59 Å². The van der Waals surface area contributed by atoms with Crippen LogP contribution in [0, 0.1) is 0 Å². The molecule has 4 nitrogen and oxygen atoms in total. The minimum Gasteiger partial charge on any atom is -0.272 e. The summed E-state index contributed by atoms with van der Waals surface area (Å²) >= 11 is 16.7. The van der Waals surface area contributed by atoms with Gasteiger partial charge in [0.1, 0.15) is 5.88 Å². The lowest BCUT2D eigenvalue weighted by molar-refractivity contribution is -0.119. The van der Waals surface area contributed by atoms with Crippen molar-refractivity contribution in [3.63, 3.8) is 0 Å². The Morgan fingerprint density at radius 3 is 2.44 bits per heavy atom. The van der Waals surface area contributed by atoms with Gasteiger partial charge in [0, 0.05) is 5.02 Å². The van der Waals surface area contributed by atoms with Crippen LogP contribution in [0.3, 0.4) is 0 Å². The minimum absolute atomic E-state index is 0.199. The van der Waals surface area contributed by atoms with Gasteiger partial charge in [-0.3, -0.25) is 20.4 Å². The molecule has 0 unspecified atom stereocenters. The van der Waals surface area contributed by atoms with Gasteiger partial charge in [-0.2, -0.15) is 0 Å². The zero-order chi connectivity index (χ0) is 12.1. The molecule has 0 radical (unpaired) electrons. The summed E-state index contributed by atoms with van der Waals surface area (Å²) < 4.78 is 0. The van der Waals surface area contributed by atoms with Gasteiger partial charge in [-0.25, -0.2) is 0 Å². The first-order valence-corrected chi connectivity index (χ1v) is 5.44. The molecular weight excluding hydrogens is 274 g/mol. The molecule has 0 aliphatic heterocycles. The van der Waals surface area contributed by atoms with Gasteiger partial charge in [-0.15, -0.1) is 11.6 Å². The third-order valence-electron chi connectivity index (χ3n) is 1.61. The summed E-state index contributed by atoms with van der Waals surface area (Å²) in [5, 5.41) is 0.622. The minimum atomic E-state index is -0.542. The first-order valence-electron chi connectivity index (χ1n) is 4.15. The Bertz CT molecular complexity index is 423. The highest BCUT2D eigenvalue weighted by atomic mass is 35.5. The van der Waals surface area contributed by atoms with Gasteiger partial charge in [-0.05, 0) is 18.2 Å². The molecule has 0 fully saturated rings. The summed E-state index contributed by atoms with van der Waals surface area (Å²) in [5.41, 5.74) is 4.48. The van der Waals surface area contributed by atoms with Crippen molar-refractivity contribution in [1.29, 1.82) is 0 Å². The number of hydrogen-bond acceptors (Lipinski definition) is 2. The maximum Gasteiger partial charge on any atom is 0.271 e. The van der Waals surface area contributed by atoms with Crippen molar-refractivity contribution in [2.24, 2.45) is 0 Å². The zero-order valence-corrected chi connectivity index (χ0v) is 10.2. The van der Waals surface area contributed by atoms with Crippen molar-refractivity contribution < 1.29 is 9.59 Å². The van der Waals surface area contributed by atoms with E-state index in [0.717, 1.165) is 0 Å². The molecule has 2 N–H and O–H groups in total. The number of benzene rings is 1. The van der Waals surface area contributed by atoms with Gasteiger partial charge in [0.25, 0.3) is 11.8 Å². The number of halogens is 3. The topological polar surface area (TPSA) is 58.2 Å². The standard InChI is InChI=1S/C9H7Cl3N2O2/c10-4-8(15)13-14-9(16)6-2-1-5(11)3-7(6)12/h1-3H,4H2,(H,13,15)(H,14,16). The predicted molar refractivity (Wildman–Crippen MR) is 62.8 cm³/mol. The van der Waals surface area contributed by atoms with E-state index in [-0.39, 0.29) is 16.5 Å². The van der Waals surface area contributed by atoms with Gasteiger partial charge in [0.2, 0.25) is 0 Å². The average Bonchev–Trinajstić information content (AvgIpc) is 2.25. The summed E-state index contributed by atoms with van der Waals surface area (Å²) in [6.07, 6.45) is 0. The lowest BCUT2D eigenvalue weighted by Crippen LogP contribution is -2.42.